The molecule has 2 atom stereocenters. The highest BCUT2D eigenvalue weighted by Crippen LogP contribution is 2.54. The lowest BCUT2D eigenvalue weighted by molar-refractivity contribution is -0.132. The Morgan fingerprint density at radius 1 is 0.446 bits per heavy atom. The maximum Gasteiger partial charge on any atom is 0.343 e. The van der Waals surface area contributed by atoms with E-state index in [2.05, 4.69) is 34.1 Å². The van der Waals surface area contributed by atoms with E-state index in [9.17, 15) is 19.2 Å². The largest absolute Gasteiger partial charge is 0.492 e. The molecule has 12 nitrogen and oxygen atoms in total. The van der Waals surface area contributed by atoms with E-state index >= 15 is 4.39 Å². The Morgan fingerprint density at radius 2 is 0.924 bits per heavy atom. The zero-order chi connectivity index (χ0) is 63.5. The van der Waals surface area contributed by atoms with E-state index < -0.39 is 41.5 Å². The van der Waals surface area contributed by atoms with Crippen molar-refractivity contribution >= 4 is 57.0 Å². The van der Waals surface area contributed by atoms with Gasteiger partial charge in [0.05, 0.1) is 16.1 Å². The normalized spacial score (nSPS) is 14.3. The molecule has 92 heavy (non-hydrogen) atoms. The monoisotopic (exact) mass is 1250 g/mol. The molecule has 2 aliphatic heterocycles. The standard InChI is InChI=1S/C78H70ClFN2O10/c1-51(83)89-62-33-37-65-57(48-62)26-35-64(59-28-39-70(80)71(50-59)90-52(2)84)74(65)72(53-22-29-60(30-23-53)87-46-44-81-40-11-5-12-41-81)73(54-24-31-61(32-25-54)88-47-45-82-42-13-6-14-43-82)75-66-38-34-63(91-77(85)55-16-7-3-8-17-55)49-58(66)27-36-67(75)68-20-15-21-69(79)76(68)92-78(86)56-18-9-4-10-19-56/h3-4,7-10,15-39,48-50,72-73H,5-6,11-14,40-47H2,1-2H3. The Balaban J connectivity index is 1.14. The molecule has 0 amide bonds. The number of nitrogens with zero attached hydrogens (tertiary/aromatic N) is 2. The zero-order valence-corrected chi connectivity index (χ0v) is 52.2. The second-order valence-corrected chi connectivity index (χ2v) is 23.8. The number of hydrogen-bond donors (Lipinski definition) is 0. The van der Waals surface area contributed by atoms with Crippen molar-refractivity contribution in [2.24, 2.45) is 0 Å². The van der Waals surface area contributed by atoms with Gasteiger partial charge in [0.15, 0.2) is 17.3 Å². The zero-order valence-electron chi connectivity index (χ0n) is 51.4. The van der Waals surface area contributed by atoms with Crippen molar-refractivity contribution in [1.29, 1.82) is 0 Å². The van der Waals surface area contributed by atoms with Gasteiger partial charge >= 0.3 is 23.9 Å². The van der Waals surface area contributed by atoms with Crippen molar-refractivity contribution in [2.75, 3.05) is 52.5 Å². The van der Waals surface area contributed by atoms with E-state index in [0.717, 1.165) is 103 Å². The van der Waals surface area contributed by atoms with Crippen LogP contribution in [0, 0.1) is 5.82 Å². The van der Waals surface area contributed by atoms with Gasteiger partial charge in [-0.3, -0.25) is 19.4 Å². The number of benzene rings is 10. The van der Waals surface area contributed by atoms with Crippen molar-refractivity contribution in [3.63, 3.8) is 0 Å². The molecule has 2 heterocycles. The molecule has 2 aliphatic rings. The van der Waals surface area contributed by atoms with Crippen LogP contribution in [-0.4, -0.2) is 86.2 Å². The van der Waals surface area contributed by atoms with Gasteiger partial charge in [-0.1, -0.05) is 140 Å². The molecule has 14 heteroatoms. The van der Waals surface area contributed by atoms with Gasteiger partial charge in [-0.25, -0.2) is 14.0 Å². The molecular weight excluding hydrogens is 1180 g/mol. The van der Waals surface area contributed by atoms with Crippen molar-refractivity contribution < 1.29 is 52.0 Å². The number of esters is 4. The van der Waals surface area contributed by atoms with Crippen LogP contribution in [0.3, 0.4) is 0 Å². The van der Waals surface area contributed by atoms with Gasteiger partial charge in [-0.15, -0.1) is 0 Å². The summed E-state index contributed by atoms with van der Waals surface area (Å²) in [5.41, 5.74) is 6.25. The summed E-state index contributed by atoms with van der Waals surface area (Å²) >= 11 is 7.26. The average Bonchev–Trinajstić information content (AvgIpc) is 0.736. The predicted octanol–water partition coefficient (Wildman–Crippen LogP) is 17.1. The van der Waals surface area contributed by atoms with Crippen LogP contribution in [0.15, 0.2) is 206 Å². The molecule has 0 spiro atoms. The first-order valence-electron chi connectivity index (χ1n) is 31.4. The van der Waals surface area contributed by atoms with Crippen LogP contribution in [0.4, 0.5) is 4.39 Å². The maximum atomic E-state index is 15.9. The van der Waals surface area contributed by atoms with Crippen LogP contribution in [0.25, 0.3) is 43.8 Å². The number of para-hydroxylation sites is 1. The second-order valence-electron chi connectivity index (χ2n) is 23.4. The van der Waals surface area contributed by atoms with Crippen molar-refractivity contribution in [3.8, 4) is 56.8 Å². The number of piperidine rings is 2. The first-order valence-corrected chi connectivity index (χ1v) is 31.8. The first kappa shape index (κ1) is 62.5. The molecule has 466 valence electrons. The molecule has 10 aromatic rings. The van der Waals surface area contributed by atoms with Crippen LogP contribution >= 0.6 is 11.6 Å². The van der Waals surface area contributed by atoms with Crippen LogP contribution in [0.2, 0.25) is 5.02 Å². The Labute approximate surface area is 540 Å². The Morgan fingerprint density at radius 3 is 1.45 bits per heavy atom. The molecule has 2 unspecified atom stereocenters. The first-order chi connectivity index (χ1) is 44.9. The van der Waals surface area contributed by atoms with Crippen LogP contribution in [0.1, 0.15) is 107 Å². The molecule has 0 N–H and O–H groups in total. The third-order valence-corrected chi connectivity index (χ3v) is 17.5. The Bertz CT molecular complexity index is 4290. The molecule has 12 rings (SSSR count). The Hall–Kier alpha value is -9.66. The molecule has 0 bridgehead atoms. The van der Waals surface area contributed by atoms with E-state index in [1.165, 1.54) is 38.8 Å². The summed E-state index contributed by atoms with van der Waals surface area (Å²) in [6.45, 7) is 9.27. The van der Waals surface area contributed by atoms with Gasteiger partial charge in [-0.2, -0.15) is 0 Å². The third kappa shape index (κ3) is 14.7. The van der Waals surface area contributed by atoms with Crippen molar-refractivity contribution in [1.82, 2.24) is 9.80 Å². The fourth-order valence-electron chi connectivity index (χ4n) is 12.9. The number of carbonyl (C=O) groups is 4. The molecule has 2 saturated heterocycles. The molecule has 2 fully saturated rings. The minimum atomic E-state index is -0.748. The van der Waals surface area contributed by atoms with Gasteiger partial charge in [0, 0.05) is 44.3 Å². The SMILES string of the molecule is CC(=O)Oc1ccc2c(C(c3ccc(OCCN4CCCCC4)cc3)C(c3ccc(OCCN4CCCCC4)cc3)c3c(-c4cccc(Cl)c4OC(=O)c4ccccc4)ccc4cc(OC(=O)c5ccccc5)ccc34)c(-c3ccc(F)c(OC(C)=O)c3)ccc2c1. The quantitative estimate of drug-likeness (QED) is 0.0501. The molecule has 0 aromatic heterocycles. The summed E-state index contributed by atoms with van der Waals surface area (Å²) in [4.78, 5) is 58.3. The molecule has 0 aliphatic carbocycles. The lowest BCUT2D eigenvalue weighted by Crippen LogP contribution is -2.33. The van der Waals surface area contributed by atoms with Crippen molar-refractivity contribution in [3.05, 3.63) is 250 Å². The number of carbonyl (C=O) groups excluding carboxylic acids is 4. The second kappa shape index (κ2) is 29.1. The van der Waals surface area contributed by atoms with Gasteiger partial charge < -0.3 is 28.4 Å². The van der Waals surface area contributed by atoms with Crippen LogP contribution < -0.4 is 28.4 Å². The molecule has 0 radical (unpaired) electrons. The highest BCUT2D eigenvalue weighted by atomic mass is 35.5. The summed E-state index contributed by atoms with van der Waals surface area (Å²) in [5, 5.41) is 3.12. The minimum absolute atomic E-state index is 0.129. The Kier molecular flexibility index (Phi) is 19.8. The predicted molar refractivity (Wildman–Crippen MR) is 357 cm³/mol. The summed E-state index contributed by atoms with van der Waals surface area (Å²) in [6, 6.07) is 62.6. The number of ether oxygens (including phenoxy) is 6. The van der Waals surface area contributed by atoms with Gasteiger partial charge in [0.2, 0.25) is 0 Å². The minimum Gasteiger partial charge on any atom is -0.492 e. The molecule has 0 saturated carbocycles. The van der Waals surface area contributed by atoms with E-state index in [-0.39, 0.29) is 16.5 Å². The lowest BCUT2D eigenvalue weighted by Gasteiger charge is -2.34. The van der Waals surface area contributed by atoms with Crippen LogP contribution in [-0.2, 0) is 9.59 Å². The molecule has 10 aromatic carbocycles. The van der Waals surface area contributed by atoms with Gasteiger partial charge in [0.25, 0.3) is 0 Å². The van der Waals surface area contributed by atoms with Crippen LogP contribution in [0.5, 0.6) is 34.5 Å². The van der Waals surface area contributed by atoms with Crippen molar-refractivity contribution in [2.45, 2.75) is 64.2 Å². The number of fused-ring (bicyclic) bond motifs is 2. The fourth-order valence-corrected chi connectivity index (χ4v) is 13.1. The summed E-state index contributed by atoms with van der Waals surface area (Å²) in [7, 11) is 0. The smallest absolute Gasteiger partial charge is 0.343 e. The average molecular weight is 1250 g/mol. The topological polar surface area (TPSA) is 130 Å². The summed E-state index contributed by atoms with van der Waals surface area (Å²) in [6.07, 6.45) is 7.10. The maximum absolute atomic E-state index is 15.9. The van der Waals surface area contributed by atoms with E-state index in [1.807, 2.05) is 97.1 Å². The van der Waals surface area contributed by atoms with Gasteiger partial charge in [-0.05, 0) is 203 Å². The van der Waals surface area contributed by atoms with E-state index in [0.29, 0.717) is 75.0 Å². The number of halogens is 2. The number of likely N-dealkylation sites (tertiary alicyclic amines) is 2. The summed E-state index contributed by atoms with van der Waals surface area (Å²) in [5.74, 6) is -2.67. The number of rotatable bonds is 21. The van der Waals surface area contributed by atoms with E-state index in [4.69, 9.17) is 40.0 Å². The highest BCUT2D eigenvalue weighted by molar-refractivity contribution is 6.32. The summed E-state index contributed by atoms with van der Waals surface area (Å²) < 4.78 is 52.9. The number of hydrogen-bond acceptors (Lipinski definition) is 12. The van der Waals surface area contributed by atoms with E-state index in [1.54, 1.807) is 72.8 Å². The highest BCUT2D eigenvalue weighted by Gasteiger charge is 2.36. The lowest BCUT2D eigenvalue weighted by atomic mass is 9.68. The van der Waals surface area contributed by atoms with Gasteiger partial charge in [0.1, 0.15) is 36.2 Å². The fraction of sp³-hybridized carbons (Fsp3) is 0.231. The molecular formula is C78H70ClFN2O10. The third-order valence-electron chi connectivity index (χ3n) is 17.2.